The van der Waals surface area contributed by atoms with Crippen molar-refractivity contribution in [2.45, 2.75) is 6.42 Å². The molecule has 4 rings (SSSR count). The van der Waals surface area contributed by atoms with Crippen molar-refractivity contribution in [2.75, 3.05) is 27.9 Å². The van der Waals surface area contributed by atoms with E-state index >= 15 is 0 Å². The van der Waals surface area contributed by atoms with Crippen molar-refractivity contribution in [3.05, 3.63) is 95.3 Å². The number of amides is 2. The predicted octanol–water partition coefficient (Wildman–Crippen LogP) is 4.33. The van der Waals surface area contributed by atoms with E-state index in [9.17, 15) is 9.59 Å². The molecule has 0 fully saturated rings. The van der Waals surface area contributed by atoms with Crippen LogP contribution in [-0.2, 0) is 18.3 Å². The third kappa shape index (κ3) is 5.81. The number of hydrogen-bond acceptors (Lipinski definition) is 5. The largest absolute Gasteiger partial charge is 0.496 e. The van der Waals surface area contributed by atoms with Crippen molar-refractivity contribution in [1.82, 2.24) is 15.2 Å². The van der Waals surface area contributed by atoms with E-state index < -0.39 is 11.8 Å². The van der Waals surface area contributed by atoms with Gasteiger partial charge in [0.25, 0.3) is 11.8 Å². The third-order valence-electron chi connectivity index (χ3n) is 6.22. The SMILES string of the molecule is COc1ccc(CCNC(=O)/C(=C/c2cn(C)c3ccccc23)NC(=O)c2ccccc2OC)cc1OC. The van der Waals surface area contributed by atoms with Crippen molar-refractivity contribution >= 4 is 28.8 Å². The number of aromatic nitrogens is 1. The lowest BCUT2D eigenvalue weighted by Crippen LogP contribution is -2.35. The van der Waals surface area contributed by atoms with Crippen LogP contribution in [0.25, 0.3) is 17.0 Å². The maximum Gasteiger partial charge on any atom is 0.267 e. The molecule has 8 heteroatoms. The molecule has 4 aromatic rings. The molecule has 0 aliphatic carbocycles. The number of methoxy groups -OCH3 is 3. The Morgan fingerprint density at radius 3 is 2.34 bits per heavy atom. The maximum absolute atomic E-state index is 13.3. The summed E-state index contributed by atoms with van der Waals surface area (Å²) < 4.78 is 18.0. The molecule has 2 amide bonds. The van der Waals surface area contributed by atoms with Crippen LogP contribution in [0, 0.1) is 0 Å². The van der Waals surface area contributed by atoms with Gasteiger partial charge in [-0.15, -0.1) is 0 Å². The summed E-state index contributed by atoms with van der Waals surface area (Å²) in [5.41, 5.74) is 3.26. The van der Waals surface area contributed by atoms with Gasteiger partial charge in [0.2, 0.25) is 0 Å². The highest BCUT2D eigenvalue weighted by molar-refractivity contribution is 6.07. The van der Waals surface area contributed by atoms with Gasteiger partial charge in [-0.1, -0.05) is 36.4 Å². The first-order valence-electron chi connectivity index (χ1n) is 12.1. The molecule has 0 unspecified atom stereocenters. The first kappa shape index (κ1) is 26.3. The number of para-hydroxylation sites is 2. The van der Waals surface area contributed by atoms with E-state index in [1.807, 2.05) is 60.3 Å². The van der Waals surface area contributed by atoms with Gasteiger partial charge in [-0.3, -0.25) is 9.59 Å². The van der Waals surface area contributed by atoms with Crippen molar-refractivity contribution in [3.63, 3.8) is 0 Å². The van der Waals surface area contributed by atoms with E-state index in [0.717, 1.165) is 22.0 Å². The van der Waals surface area contributed by atoms with Gasteiger partial charge in [-0.25, -0.2) is 0 Å². The molecule has 0 bridgehead atoms. The number of fused-ring (bicyclic) bond motifs is 1. The number of nitrogens with one attached hydrogen (secondary N) is 2. The van der Waals surface area contributed by atoms with Crippen LogP contribution in [0.1, 0.15) is 21.5 Å². The average Bonchev–Trinajstić information content (AvgIpc) is 3.27. The molecule has 0 saturated carbocycles. The van der Waals surface area contributed by atoms with Crippen molar-refractivity contribution in [3.8, 4) is 17.2 Å². The van der Waals surface area contributed by atoms with E-state index in [-0.39, 0.29) is 5.70 Å². The Balaban J connectivity index is 1.58. The van der Waals surface area contributed by atoms with Gasteiger partial charge in [-0.2, -0.15) is 0 Å². The first-order valence-corrected chi connectivity index (χ1v) is 12.1. The summed E-state index contributed by atoms with van der Waals surface area (Å²) in [6.07, 6.45) is 4.19. The molecule has 2 N–H and O–H groups in total. The second kappa shape index (κ2) is 12.0. The Kier molecular flexibility index (Phi) is 8.33. The molecule has 0 aliphatic rings. The number of nitrogens with zero attached hydrogens (tertiary/aromatic N) is 1. The molecule has 38 heavy (non-hydrogen) atoms. The van der Waals surface area contributed by atoms with E-state index in [0.29, 0.717) is 35.8 Å². The zero-order valence-corrected chi connectivity index (χ0v) is 21.9. The number of aryl methyl sites for hydroxylation is 1. The lowest BCUT2D eigenvalue weighted by molar-refractivity contribution is -0.117. The third-order valence-corrected chi connectivity index (χ3v) is 6.22. The standard InChI is InChI=1S/C30H31N3O5/c1-33-19-21(22-9-5-7-11-25(22)33)18-24(32-29(34)23-10-6-8-12-26(23)36-2)30(35)31-16-15-20-13-14-27(37-3)28(17-20)38-4/h5-14,17-19H,15-16H2,1-4H3,(H,31,35)(H,32,34)/b24-18-. The minimum atomic E-state index is -0.441. The van der Waals surface area contributed by atoms with Gasteiger partial charge in [-0.05, 0) is 48.4 Å². The normalized spacial score (nSPS) is 11.2. The van der Waals surface area contributed by atoms with Crippen LogP contribution >= 0.6 is 0 Å². The van der Waals surface area contributed by atoms with E-state index in [1.165, 1.54) is 7.11 Å². The van der Waals surface area contributed by atoms with Gasteiger partial charge in [0, 0.05) is 36.3 Å². The molecule has 1 heterocycles. The van der Waals surface area contributed by atoms with Crippen molar-refractivity contribution < 1.29 is 23.8 Å². The molecule has 8 nitrogen and oxygen atoms in total. The Labute approximate surface area is 221 Å². The second-order valence-electron chi connectivity index (χ2n) is 8.62. The summed E-state index contributed by atoms with van der Waals surface area (Å²) in [6.45, 7) is 0.353. The molecular weight excluding hydrogens is 482 g/mol. The lowest BCUT2D eigenvalue weighted by Gasteiger charge is -2.13. The van der Waals surface area contributed by atoms with Crippen LogP contribution in [0.15, 0.2) is 78.6 Å². The van der Waals surface area contributed by atoms with E-state index in [2.05, 4.69) is 10.6 Å². The average molecular weight is 514 g/mol. The van der Waals surface area contributed by atoms with Gasteiger partial charge in [0.1, 0.15) is 11.4 Å². The summed E-state index contributed by atoms with van der Waals surface area (Å²) in [5, 5.41) is 6.69. The Morgan fingerprint density at radius 2 is 1.58 bits per heavy atom. The fraction of sp³-hybridized carbons (Fsp3) is 0.200. The summed E-state index contributed by atoms with van der Waals surface area (Å²) in [6, 6.07) is 20.4. The lowest BCUT2D eigenvalue weighted by atomic mass is 10.1. The first-order chi connectivity index (χ1) is 18.4. The molecule has 3 aromatic carbocycles. The predicted molar refractivity (Wildman–Crippen MR) is 148 cm³/mol. The van der Waals surface area contributed by atoms with Gasteiger partial charge in [0.15, 0.2) is 11.5 Å². The Bertz CT molecular complexity index is 1490. The zero-order chi connectivity index (χ0) is 27.1. The fourth-order valence-electron chi connectivity index (χ4n) is 4.28. The Morgan fingerprint density at radius 1 is 0.868 bits per heavy atom. The summed E-state index contributed by atoms with van der Waals surface area (Å²) in [4.78, 5) is 26.5. The minimum absolute atomic E-state index is 0.129. The molecule has 196 valence electrons. The summed E-state index contributed by atoms with van der Waals surface area (Å²) in [5.74, 6) is 0.839. The molecule has 0 saturated heterocycles. The number of carbonyl (C=O) groups is 2. The number of ether oxygens (including phenoxy) is 3. The quantitative estimate of drug-likeness (QED) is 0.308. The van der Waals surface area contributed by atoms with Crippen molar-refractivity contribution in [2.24, 2.45) is 7.05 Å². The molecule has 0 spiro atoms. The number of carbonyl (C=O) groups excluding carboxylic acids is 2. The van der Waals surface area contributed by atoms with Crippen molar-refractivity contribution in [1.29, 1.82) is 0 Å². The van der Waals surface area contributed by atoms with Gasteiger partial charge >= 0.3 is 0 Å². The van der Waals surface area contributed by atoms with Gasteiger partial charge < -0.3 is 29.4 Å². The number of hydrogen-bond donors (Lipinski definition) is 2. The summed E-state index contributed by atoms with van der Waals surface area (Å²) >= 11 is 0. The number of rotatable bonds is 10. The maximum atomic E-state index is 13.3. The van der Waals surface area contributed by atoms with Gasteiger partial charge in [0.05, 0.1) is 26.9 Å². The van der Waals surface area contributed by atoms with Crippen LogP contribution in [0.4, 0.5) is 0 Å². The smallest absolute Gasteiger partial charge is 0.267 e. The molecule has 1 aromatic heterocycles. The number of benzene rings is 3. The fourth-order valence-corrected chi connectivity index (χ4v) is 4.28. The van der Waals surface area contributed by atoms with Crippen LogP contribution < -0.4 is 24.8 Å². The minimum Gasteiger partial charge on any atom is -0.496 e. The molecular formula is C30H31N3O5. The van der Waals surface area contributed by atoms with Crippen LogP contribution in [0.5, 0.6) is 17.2 Å². The highest BCUT2D eigenvalue weighted by atomic mass is 16.5. The highest BCUT2D eigenvalue weighted by Gasteiger charge is 2.18. The van der Waals surface area contributed by atoms with Crippen LogP contribution in [0.3, 0.4) is 0 Å². The summed E-state index contributed by atoms with van der Waals surface area (Å²) in [7, 11) is 6.61. The second-order valence-corrected chi connectivity index (χ2v) is 8.62. The molecule has 0 atom stereocenters. The highest BCUT2D eigenvalue weighted by Crippen LogP contribution is 2.27. The molecule has 0 radical (unpaired) electrons. The van der Waals surface area contributed by atoms with Crippen LogP contribution in [0.2, 0.25) is 0 Å². The topological polar surface area (TPSA) is 90.8 Å². The van der Waals surface area contributed by atoms with Crippen LogP contribution in [-0.4, -0.2) is 44.3 Å². The molecule has 0 aliphatic heterocycles. The van der Waals surface area contributed by atoms with E-state index in [4.69, 9.17) is 14.2 Å². The zero-order valence-electron chi connectivity index (χ0n) is 21.9. The monoisotopic (exact) mass is 513 g/mol. The van der Waals surface area contributed by atoms with E-state index in [1.54, 1.807) is 44.6 Å². The Hall–Kier alpha value is -4.72.